The fraction of sp³-hybridized carbons (Fsp3) is 0.400. The van der Waals surface area contributed by atoms with E-state index in [9.17, 15) is 16.8 Å². The maximum Gasteiger partial charge on any atom is 0.215 e. The van der Waals surface area contributed by atoms with E-state index in [-0.39, 0.29) is 4.91 Å². The lowest BCUT2D eigenvalue weighted by Crippen LogP contribution is -2.12. The van der Waals surface area contributed by atoms with E-state index in [1.165, 1.54) is 0 Å². The molecule has 0 unspecified atom stereocenters. The average molecular weight is 209 g/mol. The van der Waals surface area contributed by atoms with Crippen molar-refractivity contribution in [2.75, 3.05) is 12.0 Å². The van der Waals surface area contributed by atoms with Gasteiger partial charge in [-0.25, -0.2) is 16.8 Å². The van der Waals surface area contributed by atoms with Gasteiger partial charge in [0.1, 0.15) is 5.55 Å². The Morgan fingerprint density at radius 2 is 2.08 bits per heavy atom. The molecule has 0 atom stereocenters. The third-order valence-corrected chi connectivity index (χ3v) is 3.59. The van der Waals surface area contributed by atoms with Gasteiger partial charge in [0.15, 0.2) is 9.84 Å². The number of aliphatic imine (C=N–C) groups is 1. The van der Waals surface area contributed by atoms with Crippen LogP contribution < -0.4 is 0 Å². The molecule has 0 aliphatic carbocycles. The Kier molecular flexibility index (Phi) is 2.09. The Morgan fingerprint density at radius 3 is 2.42 bits per heavy atom. The summed E-state index contributed by atoms with van der Waals surface area (Å²) in [7, 11) is -6.84. The zero-order chi connectivity index (χ0) is 9.41. The molecular formula is C5H7NO4S2. The fourth-order valence-corrected chi connectivity index (χ4v) is 3.17. The van der Waals surface area contributed by atoms with Crippen LogP contribution in [0, 0.1) is 0 Å². The first-order chi connectivity index (χ1) is 5.31. The molecule has 0 aromatic rings. The van der Waals surface area contributed by atoms with Crippen molar-refractivity contribution < 1.29 is 16.8 Å². The summed E-state index contributed by atoms with van der Waals surface area (Å²) in [6.07, 6.45) is 2.03. The summed E-state index contributed by atoms with van der Waals surface area (Å²) in [5.41, 5.74) is 0.744. The van der Waals surface area contributed by atoms with Gasteiger partial charge in [-0.3, -0.25) is 4.99 Å². The lowest BCUT2D eigenvalue weighted by Gasteiger charge is -1.96. The minimum absolute atomic E-state index is 0.162. The molecule has 12 heavy (non-hydrogen) atoms. The lowest BCUT2D eigenvalue weighted by atomic mass is 10.7. The van der Waals surface area contributed by atoms with Gasteiger partial charge in [-0.05, 0) is 0 Å². The smallest absolute Gasteiger partial charge is 0.215 e. The summed E-state index contributed by atoms with van der Waals surface area (Å²) in [6.45, 7) is 0. The molecule has 5 nitrogen and oxygen atoms in total. The zero-order valence-corrected chi connectivity index (χ0v) is 7.89. The molecule has 0 saturated carbocycles. The number of sulfone groups is 2. The molecular weight excluding hydrogens is 202 g/mol. The van der Waals surface area contributed by atoms with Crippen LogP contribution in [-0.2, 0) is 19.7 Å². The van der Waals surface area contributed by atoms with E-state index >= 15 is 0 Å². The highest BCUT2D eigenvalue weighted by Gasteiger charge is 2.22. The summed E-state index contributed by atoms with van der Waals surface area (Å²) in [6, 6.07) is 0. The molecule has 1 aliphatic heterocycles. The molecule has 1 rings (SSSR count). The first-order valence-electron chi connectivity index (χ1n) is 2.96. The third kappa shape index (κ3) is 2.15. The topological polar surface area (TPSA) is 80.6 Å². The van der Waals surface area contributed by atoms with Gasteiger partial charge in [0.25, 0.3) is 0 Å². The van der Waals surface area contributed by atoms with Gasteiger partial charge in [-0.2, -0.15) is 0 Å². The van der Waals surface area contributed by atoms with Gasteiger partial charge < -0.3 is 0 Å². The van der Waals surface area contributed by atoms with E-state index in [4.69, 9.17) is 0 Å². The Bertz CT molecular complexity index is 440. The van der Waals surface area contributed by atoms with E-state index < -0.39 is 25.4 Å². The van der Waals surface area contributed by atoms with Gasteiger partial charge in [0.2, 0.25) is 9.84 Å². The molecule has 0 aromatic heterocycles. The predicted octanol–water partition coefficient (Wildman–Crippen LogP) is -0.671. The second-order valence-electron chi connectivity index (χ2n) is 2.46. The van der Waals surface area contributed by atoms with Gasteiger partial charge in [-0.1, -0.05) is 0 Å². The molecule has 0 amide bonds. The standard InChI is InChI=1S/C5H7NO4S2/c1-11(7,8)3-5-2-6-4-12(5,9)10/h2,4H,3H2,1H3. The van der Waals surface area contributed by atoms with Crippen molar-refractivity contribution in [3.63, 3.8) is 0 Å². The van der Waals surface area contributed by atoms with Crippen LogP contribution in [0.25, 0.3) is 0 Å². The highest BCUT2D eigenvalue weighted by atomic mass is 32.2. The molecule has 0 saturated heterocycles. The van der Waals surface area contributed by atoms with Crippen LogP contribution in [0.3, 0.4) is 0 Å². The van der Waals surface area contributed by atoms with Crippen LogP contribution in [0.2, 0.25) is 0 Å². The maximum absolute atomic E-state index is 11.0. The molecule has 0 bridgehead atoms. The number of hydrogen-bond acceptors (Lipinski definition) is 5. The number of nitrogens with zero attached hydrogens (tertiary/aromatic N) is 1. The largest absolute Gasteiger partial charge is 0.251 e. The summed E-state index contributed by atoms with van der Waals surface area (Å²) in [4.78, 5) is 3.20. The summed E-state index contributed by atoms with van der Waals surface area (Å²) >= 11 is 0. The molecule has 1 heterocycles. The van der Waals surface area contributed by atoms with Crippen molar-refractivity contribution in [1.29, 1.82) is 0 Å². The van der Waals surface area contributed by atoms with E-state index in [1.807, 2.05) is 0 Å². The van der Waals surface area contributed by atoms with Crippen LogP contribution in [0.4, 0.5) is 0 Å². The molecule has 0 N–H and O–H groups in total. The second kappa shape index (κ2) is 2.67. The number of rotatable bonds is 2. The Morgan fingerprint density at radius 1 is 1.50 bits per heavy atom. The second-order valence-corrected chi connectivity index (χ2v) is 6.43. The van der Waals surface area contributed by atoms with Crippen LogP contribution >= 0.6 is 0 Å². The SMILES string of the molecule is CS(=O)(=O)CC1=CN=CS1(=O)=O. The van der Waals surface area contributed by atoms with E-state index in [0.29, 0.717) is 0 Å². The molecule has 0 spiro atoms. The van der Waals surface area contributed by atoms with Crippen LogP contribution in [0.5, 0.6) is 0 Å². The first-order valence-corrected chi connectivity index (χ1v) is 6.57. The van der Waals surface area contributed by atoms with Crippen molar-refractivity contribution in [1.82, 2.24) is 0 Å². The highest BCUT2D eigenvalue weighted by Crippen LogP contribution is 2.13. The number of hydrogen-bond donors (Lipinski definition) is 0. The Hall–Kier alpha value is -0.690. The van der Waals surface area contributed by atoms with Gasteiger partial charge in [0.05, 0.1) is 10.7 Å². The molecule has 68 valence electrons. The molecule has 0 aromatic carbocycles. The van der Waals surface area contributed by atoms with E-state index in [0.717, 1.165) is 18.0 Å². The minimum Gasteiger partial charge on any atom is -0.251 e. The predicted molar refractivity (Wildman–Crippen MR) is 45.2 cm³/mol. The van der Waals surface area contributed by atoms with Crippen molar-refractivity contribution in [3.05, 3.63) is 11.1 Å². The molecule has 0 fully saturated rings. The van der Waals surface area contributed by atoms with Crippen molar-refractivity contribution >= 4 is 25.2 Å². The van der Waals surface area contributed by atoms with Gasteiger partial charge >= 0.3 is 0 Å². The van der Waals surface area contributed by atoms with E-state index in [2.05, 4.69) is 4.99 Å². The van der Waals surface area contributed by atoms with Crippen LogP contribution in [0.15, 0.2) is 16.1 Å². The summed E-state index contributed by atoms with van der Waals surface area (Å²) < 4.78 is 43.3. The van der Waals surface area contributed by atoms with Gasteiger partial charge in [-0.15, -0.1) is 0 Å². The molecule has 0 radical (unpaired) electrons. The zero-order valence-electron chi connectivity index (χ0n) is 6.26. The minimum atomic E-state index is -3.53. The Labute approximate surface area is 70.6 Å². The average Bonchev–Trinajstić information content (AvgIpc) is 2.07. The highest BCUT2D eigenvalue weighted by molar-refractivity contribution is 8.09. The van der Waals surface area contributed by atoms with Gasteiger partial charge in [0, 0.05) is 12.5 Å². The third-order valence-electron chi connectivity index (χ3n) is 1.19. The van der Waals surface area contributed by atoms with Crippen molar-refractivity contribution in [2.24, 2.45) is 4.99 Å². The summed E-state index contributed by atoms with van der Waals surface area (Å²) in [5, 5.41) is 0. The monoisotopic (exact) mass is 209 g/mol. The van der Waals surface area contributed by atoms with E-state index in [1.54, 1.807) is 0 Å². The first kappa shape index (κ1) is 9.40. The van der Waals surface area contributed by atoms with Crippen molar-refractivity contribution in [2.45, 2.75) is 0 Å². The maximum atomic E-state index is 11.0. The quantitative estimate of drug-likeness (QED) is 0.604. The molecule has 7 heteroatoms. The fourth-order valence-electron chi connectivity index (χ4n) is 0.713. The normalized spacial score (nSPS) is 20.9. The summed E-state index contributed by atoms with van der Waals surface area (Å²) in [5.74, 6) is -0.477. The lowest BCUT2D eigenvalue weighted by molar-refractivity contribution is 0.600. The Balaban J connectivity index is 2.98. The van der Waals surface area contributed by atoms with Crippen LogP contribution in [-0.4, -0.2) is 34.4 Å². The molecule has 1 aliphatic rings. The van der Waals surface area contributed by atoms with Crippen LogP contribution in [0.1, 0.15) is 0 Å². The van der Waals surface area contributed by atoms with Crippen molar-refractivity contribution in [3.8, 4) is 0 Å².